The number of nitrogens with one attached hydrogen (secondary N) is 1. The van der Waals surface area contributed by atoms with E-state index in [4.69, 9.17) is 14.2 Å². The number of benzene rings is 2. The second kappa shape index (κ2) is 6.40. The largest absolute Gasteiger partial charge is 0.497 e. The van der Waals surface area contributed by atoms with Crippen molar-refractivity contribution in [1.82, 2.24) is 10.2 Å². The van der Waals surface area contributed by atoms with Crippen molar-refractivity contribution < 1.29 is 19.0 Å². The number of amides is 1. The van der Waals surface area contributed by atoms with Gasteiger partial charge in [0.1, 0.15) is 10.8 Å². The zero-order valence-corrected chi connectivity index (χ0v) is 14.0. The van der Waals surface area contributed by atoms with Gasteiger partial charge in [0.25, 0.3) is 5.91 Å². The molecular formula is C17H13N3O4S. The molecule has 0 bridgehead atoms. The lowest BCUT2D eigenvalue weighted by Crippen LogP contribution is -2.11. The smallest absolute Gasteiger partial charge is 0.257 e. The number of hydrogen-bond donors (Lipinski definition) is 1. The van der Waals surface area contributed by atoms with Gasteiger partial charge in [-0.3, -0.25) is 10.1 Å². The predicted molar refractivity (Wildman–Crippen MR) is 92.4 cm³/mol. The molecule has 0 aliphatic carbocycles. The van der Waals surface area contributed by atoms with Crippen LogP contribution < -0.4 is 19.5 Å². The van der Waals surface area contributed by atoms with Crippen molar-refractivity contribution in [3.8, 4) is 27.8 Å². The van der Waals surface area contributed by atoms with Crippen LogP contribution in [0.2, 0.25) is 0 Å². The summed E-state index contributed by atoms with van der Waals surface area (Å²) in [6.45, 7) is 0.220. The lowest BCUT2D eigenvalue weighted by molar-refractivity contribution is 0.102. The van der Waals surface area contributed by atoms with Crippen LogP contribution in [0.5, 0.6) is 17.2 Å². The summed E-state index contributed by atoms with van der Waals surface area (Å²) in [5.74, 6) is 1.83. The summed E-state index contributed by atoms with van der Waals surface area (Å²) in [4.78, 5) is 12.3. The monoisotopic (exact) mass is 355 g/mol. The van der Waals surface area contributed by atoms with Gasteiger partial charge in [-0.1, -0.05) is 11.3 Å². The molecule has 0 fully saturated rings. The van der Waals surface area contributed by atoms with Gasteiger partial charge in [-0.15, -0.1) is 10.2 Å². The minimum Gasteiger partial charge on any atom is -0.497 e. The van der Waals surface area contributed by atoms with Gasteiger partial charge in [0.05, 0.1) is 7.11 Å². The van der Waals surface area contributed by atoms with Crippen molar-refractivity contribution >= 4 is 22.4 Å². The van der Waals surface area contributed by atoms with Crippen LogP contribution in [0, 0.1) is 0 Å². The van der Waals surface area contributed by atoms with Gasteiger partial charge in [-0.25, -0.2) is 0 Å². The highest BCUT2D eigenvalue weighted by molar-refractivity contribution is 7.18. The first kappa shape index (κ1) is 15.4. The minimum atomic E-state index is -0.254. The number of anilines is 1. The molecular weight excluding hydrogens is 342 g/mol. The van der Waals surface area contributed by atoms with Gasteiger partial charge in [-0.05, 0) is 42.5 Å². The van der Waals surface area contributed by atoms with Crippen molar-refractivity contribution in [2.45, 2.75) is 0 Å². The molecule has 0 unspecified atom stereocenters. The Balaban J connectivity index is 1.50. The summed E-state index contributed by atoms with van der Waals surface area (Å²) in [5.41, 5.74) is 1.37. The molecule has 4 rings (SSSR count). The van der Waals surface area contributed by atoms with E-state index in [0.717, 1.165) is 5.56 Å². The molecule has 7 nitrogen and oxygen atoms in total. The van der Waals surface area contributed by atoms with E-state index >= 15 is 0 Å². The molecule has 0 saturated carbocycles. The van der Waals surface area contributed by atoms with Gasteiger partial charge >= 0.3 is 0 Å². The molecule has 0 atom stereocenters. The van der Waals surface area contributed by atoms with E-state index in [1.165, 1.54) is 11.3 Å². The molecule has 1 aliphatic rings. The van der Waals surface area contributed by atoms with Crippen LogP contribution >= 0.6 is 11.3 Å². The van der Waals surface area contributed by atoms with Crippen LogP contribution in [-0.4, -0.2) is 30.0 Å². The van der Waals surface area contributed by atoms with Crippen LogP contribution in [0.4, 0.5) is 5.13 Å². The fourth-order valence-electron chi connectivity index (χ4n) is 2.33. The Morgan fingerprint density at radius 3 is 2.72 bits per heavy atom. The molecule has 3 aromatic rings. The highest BCUT2D eigenvalue weighted by atomic mass is 32.1. The Morgan fingerprint density at radius 2 is 1.92 bits per heavy atom. The lowest BCUT2D eigenvalue weighted by Gasteiger charge is -2.02. The maximum absolute atomic E-state index is 12.3. The third-order valence-corrected chi connectivity index (χ3v) is 4.50. The standard InChI is InChI=1S/C17H13N3O4S/c1-22-12-5-2-10(3-6-12)15(21)18-17-20-19-16(25-17)11-4-7-13-14(8-11)24-9-23-13/h2-8H,9H2,1H3,(H,18,20,21). The van der Waals surface area contributed by atoms with Crippen LogP contribution in [-0.2, 0) is 0 Å². The SMILES string of the molecule is COc1ccc(C(=O)Nc2nnc(-c3ccc4c(c3)OCO4)s2)cc1. The molecule has 2 heterocycles. The van der Waals surface area contributed by atoms with E-state index in [9.17, 15) is 4.79 Å². The minimum absolute atomic E-state index is 0.220. The second-order valence-corrected chi connectivity index (χ2v) is 6.14. The van der Waals surface area contributed by atoms with Gasteiger partial charge < -0.3 is 14.2 Å². The number of rotatable bonds is 4. The van der Waals surface area contributed by atoms with Gasteiger partial charge in [-0.2, -0.15) is 0 Å². The molecule has 1 N–H and O–H groups in total. The average Bonchev–Trinajstić information content (AvgIpc) is 3.30. The summed E-state index contributed by atoms with van der Waals surface area (Å²) in [6.07, 6.45) is 0. The maximum Gasteiger partial charge on any atom is 0.257 e. The summed E-state index contributed by atoms with van der Waals surface area (Å²) in [5, 5.41) is 12.0. The van der Waals surface area contributed by atoms with Gasteiger partial charge in [0.2, 0.25) is 11.9 Å². The number of methoxy groups -OCH3 is 1. The number of nitrogens with zero attached hydrogens (tertiary/aromatic N) is 2. The molecule has 1 aliphatic heterocycles. The molecule has 1 amide bonds. The normalized spacial score (nSPS) is 12.0. The van der Waals surface area contributed by atoms with Crippen LogP contribution in [0.3, 0.4) is 0 Å². The summed E-state index contributed by atoms with van der Waals surface area (Å²) in [7, 11) is 1.58. The number of ether oxygens (including phenoxy) is 3. The number of hydrogen-bond acceptors (Lipinski definition) is 7. The Bertz CT molecular complexity index is 924. The van der Waals surface area contributed by atoms with E-state index in [0.29, 0.717) is 33.0 Å². The highest BCUT2D eigenvalue weighted by Crippen LogP contribution is 2.37. The van der Waals surface area contributed by atoms with E-state index in [1.54, 1.807) is 31.4 Å². The maximum atomic E-state index is 12.3. The zero-order valence-electron chi connectivity index (χ0n) is 13.2. The van der Waals surface area contributed by atoms with Crippen LogP contribution in [0.1, 0.15) is 10.4 Å². The molecule has 1 aromatic heterocycles. The first-order valence-electron chi connectivity index (χ1n) is 7.42. The third kappa shape index (κ3) is 3.11. The van der Waals surface area contributed by atoms with E-state index in [1.807, 2.05) is 18.2 Å². The fourth-order valence-corrected chi connectivity index (χ4v) is 3.07. The number of carbonyl (C=O) groups is 1. The quantitative estimate of drug-likeness (QED) is 0.774. The molecule has 0 saturated heterocycles. The summed E-state index contributed by atoms with van der Waals surface area (Å²) < 4.78 is 15.7. The molecule has 126 valence electrons. The predicted octanol–water partition coefficient (Wildman–Crippen LogP) is 3.19. The Kier molecular flexibility index (Phi) is 3.95. The lowest BCUT2D eigenvalue weighted by atomic mass is 10.2. The third-order valence-electron chi connectivity index (χ3n) is 3.62. The Labute approximate surface area is 147 Å². The Morgan fingerprint density at radius 1 is 1.12 bits per heavy atom. The molecule has 0 radical (unpaired) electrons. The zero-order chi connectivity index (χ0) is 17.2. The second-order valence-electron chi connectivity index (χ2n) is 5.16. The topological polar surface area (TPSA) is 82.6 Å². The van der Waals surface area contributed by atoms with Gasteiger partial charge in [0.15, 0.2) is 11.5 Å². The number of fused-ring (bicyclic) bond motifs is 1. The van der Waals surface area contributed by atoms with Crippen LogP contribution in [0.15, 0.2) is 42.5 Å². The molecule has 8 heteroatoms. The average molecular weight is 355 g/mol. The van der Waals surface area contributed by atoms with E-state index < -0.39 is 0 Å². The molecule has 0 spiro atoms. The van der Waals surface area contributed by atoms with E-state index in [2.05, 4.69) is 15.5 Å². The first-order chi connectivity index (χ1) is 12.2. The van der Waals surface area contributed by atoms with E-state index in [-0.39, 0.29) is 12.7 Å². The van der Waals surface area contributed by atoms with Crippen molar-refractivity contribution in [1.29, 1.82) is 0 Å². The fraction of sp³-hybridized carbons (Fsp3) is 0.118. The first-order valence-corrected chi connectivity index (χ1v) is 8.23. The Hall–Kier alpha value is -3.13. The van der Waals surface area contributed by atoms with Crippen molar-refractivity contribution in [2.24, 2.45) is 0 Å². The molecule has 25 heavy (non-hydrogen) atoms. The number of carbonyl (C=O) groups excluding carboxylic acids is 1. The van der Waals surface area contributed by atoms with Crippen molar-refractivity contribution in [2.75, 3.05) is 19.2 Å². The van der Waals surface area contributed by atoms with Crippen molar-refractivity contribution in [3.63, 3.8) is 0 Å². The number of aromatic nitrogens is 2. The van der Waals surface area contributed by atoms with Gasteiger partial charge in [0, 0.05) is 11.1 Å². The summed E-state index contributed by atoms with van der Waals surface area (Å²) >= 11 is 1.29. The summed E-state index contributed by atoms with van der Waals surface area (Å²) in [6, 6.07) is 12.4. The highest BCUT2D eigenvalue weighted by Gasteiger charge is 2.16. The van der Waals surface area contributed by atoms with Crippen LogP contribution in [0.25, 0.3) is 10.6 Å². The van der Waals surface area contributed by atoms with Crippen molar-refractivity contribution in [3.05, 3.63) is 48.0 Å². The molecule has 2 aromatic carbocycles.